The van der Waals surface area contributed by atoms with Crippen LogP contribution in [0.4, 0.5) is 0 Å². The van der Waals surface area contributed by atoms with Crippen LogP contribution < -0.4 is 0 Å². The summed E-state index contributed by atoms with van der Waals surface area (Å²) in [5.41, 5.74) is 0. The molecule has 0 unspecified atom stereocenters. The van der Waals surface area contributed by atoms with E-state index in [1.165, 1.54) is 0 Å². The summed E-state index contributed by atoms with van der Waals surface area (Å²) in [7, 11) is -4.75. The first-order valence-corrected chi connectivity index (χ1v) is 4.09. The monoisotopic (exact) mass is 189 g/mol. The number of carbonyl (C=O) groups excluding carboxylic acids is 1. The molecule has 64 valence electrons. The zero-order valence-electron chi connectivity index (χ0n) is 5.58. The van der Waals surface area contributed by atoms with Gasteiger partial charge in [-0.05, 0) is 0 Å². The van der Waals surface area contributed by atoms with Crippen molar-refractivity contribution in [3.63, 3.8) is 0 Å². The lowest BCUT2D eigenvalue weighted by Gasteiger charge is -1.91. The van der Waals surface area contributed by atoms with Crippen molar-refractivity contribution in [2.24, 2.45) is 0 Å². The molecule has 12 heavy (non-hydrogen) atoms. The second kappa shape index (κ2) is 2.91. The van der Waals surface area contributed by atoms with Gasteiger partial charge in [0.2, 0.25) is 5.82 Å². The Hall–Kier alpha value is -1.41. The third kappa shape index (κ3) is 1.80. The van der Waals surface area contributed by atoms with Crippen molar-refractivity contribution in [2.75, 3.05) is 0 Å². The van der Waals surface area contributed by atoms with Crippen molar-refractivity contribution in [2.45, 2.75) is 0 Å². The molecule has 1 aromatic rings. The standard InChI is InChI=1S/C4H3N3O4S/c8-4(12(9,10)11)3-6-1-5-2-7-3/h1-2H,(H,9,10,11). The minimum absolute atomic E-state index is 0.604. The van der Waals surface area contributed by atoms with Crippen LogP contribution in [0, 0.1) is 0 Å². The van der Waals surface area contributed by atoms with E-state index in [-0.39, 0.29) is 0 Å². The van der Waals surface area contributed by atoms with E-state index in [0.717, 1.165) is 12.7 Å². The van der Waals surface area contributed by atoms with E-state index in [1.807, 2.05) is 0 Å². The van der Waals surface area contributed by atoms with Gasteiger partial charge in [0.15, 0.2) is 0 Å². The molecule has 0 aliphatic rings. The van der Waals surface area contributed by atoms with E-state index in [1.54, 1.807) is 0 Å². The predicted octanol–water partition coefficient (Wildman–Crippen LogP) is -1.10. The molecule has 7 nitrogen and oxygen atoms in total. The van der Waals surface area contributed by atoms with Crippen molar-refractivity contribution >= 4 is 15.2 Å². The number of nitrogens with zero attached hydrogens (tertiary/aromatic N) is 3. The molecule has 0 aliphatic carbocycles. The molecule has 0 fully saturated rings. The summed E-state index contributed by atoms with van der Waals surface area (Å²) >= 11 is 0. The number of hydrogen-bond acceptors (Lipinski definition) is 6. The van der Waals surface area contributed by atoms with Crippen LogP contribution in [0.5, 0.6) is 0 Å². The van der Waals surface area contributed by atoms with Gasteiger partial charge in [0.1, 0.15) is 12.7 Å². The smallest absolute Gasteiger partial charge is 0.279 e. The summed E-state index contributed by atoms with van der Waals surface area (Å²) in [5.74, 6) is -0.604. The fraction of sp³-hybridized carbons (Fsp3) is 0. The van der Waals surface area contributed by atoms with E-state index in [0.29, 0.717) is 0 Å². The summed E-state index contributed by atoms with van der Waals surface area (Å²) in [6, 6.07) is 0. The maximum atomic E-state index is 10.7. The lowest BCUT2D eigenvalue weighted by Crippen LogP contribution is -2.16. The first kappa shape index (κ1) is 8.68. The summed E-state index contributed by atoms with van der Waals surface area (Å²) in [4.78, 5) is 20.5. The molecule has 0 aromatic carbocycles. The lowest BCUT2D eigenvalue weighted by atomic mass is 10.7. The Kier molecular flexibility index (Phi) is 2.11. The Morgan fingerprint density at radius 3 is 2.25 bits per heavy atom. The fourth-order valence-corrected chi connectivity index (χ4v) is 0.796. The van der Waals surface area contributed by atoms with Crippen LogP contribution in [0.25, 0.3) is 0 Å². The minimum atomic E-state index is -4.75. The Balaban J connectivity index is 3.11. The number of hydrogen-bond donors (Lipinski definition) is 1. The SMILES string of the molecule is O=C(c1ncncn1)S(=O)(=O)O. The molecule has 0 aliphatic heterocycles. The summed E-state index contributed by atoms with van der Waals surface area (Å²) in [5, 5.41) is -1.54. The highest BCUT2D eigenvalue weighted by Crippen LogP contribution is 1.94. The Labute approximate surface area is 67.2 Å². The van der Waals surface area contributed by atoms with E-state index in [4.69, 9.17) is 4.55 Å². The van der Waals surface area contributed by atoms with Crippen molar-refractivity contribution < 1.29 is 17.8 Å². The van der Waals surface area contributed by atoms with Gasteiger partial charge >= 0.3 is 15.2 Å². The Morgan fingerprint density at radius 2 is 1.83 bits per heavy atom. The van der Waals surface area contributed by atoms with E-state index in [9.17, 15) is 13.2 Å². The van der Waals surface area contributed by atoms with Crippen LogP contribution in [0.1, 0.15) is 10.6 Å². The molecule has 1 aromatic heterocycles. The average Bonchev–Trinajstić information content (AvgIpc) is 2.03. The van der Waals surface area contributed by atoms with E-state index >= 15 is 0 Å². The first-order valence-electron chi connectivity index (χ1n) is 2.65. The van der Waals surface area contributed by atoms with Crippen molar-refractivity contribution in [1.82, 2.24) is 15.0 Å². The lowest BCUT2D eigenvalue weighted by molar-refractivity contribution is 0.105. The second-order valence-corrected chi connectivity index (χ2v) is 3.05. The van der Waals surface area contributed by atoms with Gasteiger partial charge < -0.3 is 0 Å². The van der Waals surface area contributed by atoms with Gasteiger partial charge in [-0.1, -0.05) is 0 Å². The molecule has 1 N–H and O–H groups in total. The molecule has 0 spiro atoms. The molecular weight excluding hydrogens is 186 g/mol. The molecule has 0 saturated carbocycles. The van der Waals surface area contributed by atoms with Gasteiger partial charge in [-0.3, -0.25) is 9.35 Å². The molecule has 0 saturated heterocycles. The summed E-state index contributed by atoms with van der Waals surface area (Å²) in [6.07, 6.45) is 1.90. The van der Waals surface area contributed by atoms with Crippen LogP contribution >= 0.6 is 0 Å². The van der Waals surface area contributed by atoms with Crippen molar-refractivity contribution in [3.8, 4) is 0 Å². The van der Waals surface area contributed by atoms with Gasteiger partial charge in [0.25, 0.3) is 0 Å². The summed E-state index contributed by atoms with van der Waals surface area (Å²) < 4.78 is 28.7. The Morgan fingerprint density at radius 1 is 1.33 bits per heavy atom. The fourth-order valence-electron chi connectivity index (χ4n) is 0.460. The van der Waals surface area contributed by atoms with Crippen LogP contribution in [0.3, 0.4) is 0 Å². The number of aromatic nitrogens is 3. The third-order valence-electron chi connectivity index (χ3n) is 0.910. The zero-order valence-corrected chi connectivity index (χ0v) is 6.39. The molecule has 0 atom stereocenters. The minimum Gasteiger partial charge on any atom is -0.279 e. The molecule has 0 amide bonds. The molecule has 8 heteroatoms. The van der Waals surface area contributed by atoms with Gasteiger partial charge in [0, 0.05) is 0 Å². The maximum absolute atomic E-state index is 10.7. The maximum Gasteiger partial charge on any atom is 0.340 e. The third-order valence-corrected chi connectivity index (χ3v) is 1.56. The van der Waals surface area contributed by atoms with Crippen molar-refractivity contribution in [1.29, 1.82) is 0 Å². The predicted molar refractivity (Wildman–Crippen MR) is 35.7 cm³/mol. The normalized spacial score (nSPS) is 11.1. The number of carbonyl (C=O) groups is 1. The molecule has 0 radical (unpaired) electrons. The highest BCUT2D eigenvalue weighted by atomic mass is 32.2. The topological polar surface area (TPSA) is 110 Å². The Bertz CT molecular complexity index is 386. The highest BCUT2D eigenvalue weighted by molar-refractivity contribution is 8.01. The van der Waals surface area contributed by atoms with Gasteiger partial charge in [-0.15, -0.1) is 0 Å². The summed E-state index contributed by atoms with van der Waals surface area (Å²) in [6.45, 7) is 0. The second-order valence-electron chi connectivity index (χ2n) is 1.72. The van der Waals surface area contributed by atoms with Gasteiger partial charge in [-0.25, -0.2) is 15.0 Å². The van der Waals surface area contributed by atoms with E-state index < -0.39 is 21.1 Å². The number of rotatable bonds is 1. The molecule has 0 bridgehead atoms. The highest BCUT2D eigenvalue weighted by Gasteiger charge is 2.23. The van der Waals surface area contributed by atoms with Crippen LogP contribution in [-0.2, 0) is 10.1 Å². The molecular formula is C4H3N3O4S. The quantitative estimate of drug-likeness (QED) is 0.558. The van der Waals surface area contributed by atoms with Crippen molar-refractivity contribution in [3.05, 3.63) is 18.5 Å². The van der Waals surface area contributed by atoms with Gasteiger partial charge in [0.05, 0.1) is 0 Å². The van der Waals surface area contributed by atoms with Crippen LogP contribution in [0.15, 0.2) is 12.7 Å². The van der Waals surface area contributed by atoms with Gasteiger partial charge in [-0.2, -0.15) is 8.42 Å². The molecule has 1 heterocycles. The zero-order chi connectivity index (χ0) is 9.19. The van der Waals surface area contributed by atoms with E-state index in [2.05, 4.69) is 15.0 Å². The first-order chi connectivity index (χ1) is 5.52. The van der Waals surface area contributed by atoms with Crippen LogP contribution in [0.2, 0.25) is 0 Å². The molecule has 1 rings (SSSR count). The largest absolute Gasteiger partial charge is 0.340 e. The van der Waals surface area contributed by atoms with Crippen LogP contribution in [-0.4, -0.2) is 33.0 Å². The average molecular weight is 189 g/mol.